The standard InChI is InChI=1S/C29H44BrN3O6/c1-8-37-25(34)22-17-23(30)20(18-31-15-12-21(19-31)32-13-10-9-11-14-32)16-24(22)33(26(35)38-28(2,3)4)27(36)39-29(5,6)7/h16-17,21H,8-15,18-19H2,1-7H3/t21-/m0/s1. The van der Waals surface area contributed by atoms with Crippen LogP contribution in [0.25, 0.3) is 0 Å². The third-order valence-corrected chi connectivity index (χ3v) is 7.34. The van der Waals surface area contributed by atoms with Gasteiger partial charge in [-0.15, -0.1) is 0 Å². The monoisotopic (exact) mass is 609 g/mol. The number of carbonyl (C=O) groups is 3. The molecule has 39 heavy (non-hydrogen) atoms. The molecule has 0 spiro atoms. The molecule has 0 bridgehead atoms. The minimum Gasteiger partial charge on any atom is -0.462 e. The number of ether oxygens (including phenoxy) is 3. The van der Waals surface area contributed by atoms with Crippen molar-refractivity contribution in [1.29, 1.82) is 0 Å². The molecule has 2 fully saturated rings. The normalized spacial score (nSPS) is 19.0. The molecule has 0 saturated carbocycles. The molecule has 1 atom stereocenters. The van der Waals surface area contributed by atoms with E-state index < -0.39 is 29.4 Å². The summed E-state index contributed by atoms with van der Waals surface area (Å²) in [6.07, 6.45) is 3.07. The fourth-order valence-corrected chi connectivity index (χ4v) is 5.42. The topological polar surface area (TPSA) is 88.6 Å². The molecular weight excluding hydrogens is 566 g/mol. The van der Waals surface area contributed by atoms with Crippen molar-refractivity contribution in [2.24, 2.45) is 0 Å². The lowest BCUT2D eigenvalue weighted by Crippen LogP contribution is -2.44. The van der Waals surface area contributed by atoms with Crippen LogP contribution >= 0.6 is 15.9 Å². The van der Waals surface area contributed by atoms with E-state index in [4.69, 9.17) is 14.2 Å². The Hall–Kier alpha value is -2.17. The van der Waals surface area contributed by atoms with Crippen LogP contribution < -0.4 is 4.90 Å². The largest absolute Gasteiger partial charge is 0.462 e. The van der Waals surface area contributed by atoms with E-state index >= 15 is 0 Å². The number of esters is 1. The number of piperidine rings is 1. The predicted molar refractivity (Wildman–Crippen MR) is 154 cm³/mol. The summed E-state index contributed by atoms with van der Waals surface area (Å²) in [5, 5.41) is 0. The number of likely N-dealkylation sites (tertiary alicyclic amines) is 2. The number of rotatable bonds is 6. The van der Waals surface area contributed by atoms with E-state index in [0.29, 0.717) is 17.1 Å². The molecule has 10 heteroatoms. The summed E-state index contributed by atoms with van der Waals surface area (Å²) < 4.78 is 17.1. The second kappa shape index (κ2) is 13.0. The smallest absolute Gasteiger partial charge is 0.424 e. The predicted octanol–water partition coefficient (Wildman–Crippen LogP) is 6.36. The Morgan fingerprint density at radius 1 is 0.949 bits per heavy atom. The highest BCUT2D eigenvalue weighted by atomic mass is 79.9. The zero-order chi connectivity index (χ0) is 29.0. The van der Waals surface area contributed by atoms with Crippen molar-refractivity contribution in [1.82, 2.24) is 9.80 Å². The van der Waals surface area contributed by atoms with Crippen molar-refractivity contribution in [3.05, 3.63) is 27.7 Å². The maximum absolute atomic E-state index is 13.4. The third-order valence-electron chi connectivity index (χ3n) is 6.60. The van der Waals surface area contributed by atoms with Crippen LogP contribution in [0.2, 0.25) is 0 Å². The van der Waals surface area contributed by atoms with E-state index in [2.05, 4.69) is 25.7 Å². The molecule has 1 aromatic rings. The van der Waals surface area contributed by atoms with Crippen molar-refractivity contribution in [3.8, 4) is 0 Å². The molecule has 3 rings (SSSR count). The molecule has 9 nitrogen and oxygen atoms in total. The fraction of sp³-hybridized carbons (Fsp3) is 0.690. The first-order valence-electron chi connectivity index (χ1n) is 13.9. The third kappa shape index (κ3) is 8.91. The summed E-state index contributed by atoms with van der Waals surface area (Å²) in [5.74, 6) is -0.650. The molecule has 1 aromatic carbocycles. The summed E-state index contributed by atoms with van der Waals surface area (Å²) in [6.45, 7) is 16.9. The van der Waals surface area contributed by atoms with E-state index in [1.807, 2.05) is 0 Å². The van der Waals surface area contributed by atoms with Gasteiger partial charge in [0.2, 0.25) is 0 Å². The van der Waals surface area contributed by atoms with Crippen LogP contribution in [-0.2, 0) is 20.8 Å². The van der Waals surface area contributed by atoms with Crippen LogP contribution in [0.4, 0.5) is 15.3 Å². The fourth-order valence-electron chi connectivity index (χ4n) is 4.95. The summed E-state index contributed by atoms with van der Waals surface area (Å²) >= 11 is 3.62. The lowest BCUT2D eigenvalue weighted by atomic mass is 10.1. The minimum atomic E-state index is -0.929. The highest BCUT2D eigenvalue weighted by Crippen LogP contribution is 2.33. The van der Waals surface area contributed by atoms with Gasteiger partial charge in [-0.25, -0.2) is 14.4 Å². The van der Waals surface area contributed by atoms with Crippen molar-refractivity contribution < 1.29 is 28.6 Å². The number of hydrogen-bond acceptors (Lipinski definition) is 8. The average Bonchev–Trinajstić information content (AvgIpc) is 3.28. The lowest BCUT2D eigenvalue weighted by Gasteiger charge is -2.32. The van der Waals surface area contributed by atoms with Gasteiger partial charge < -0.3 is 14.2 Å². The van der Waals surface area contributed by atoms with E-state index in [-0.39, 0.29) is 17.9 Å². The highest BCUT2D eigenvalue weighted by Gasteiger charge is 2.36. The van der Waals surface area contributed by atoms with Crippen molar-refractivity contribution in [3.63, 3.8) is 0 Å². The minimum absolute atomic E-state index is 0.0665. The van der Waals surface area contributed by atoms with Gasteiger partial charge in [0.05, 0.1) is 17.9 Å². The number of hydrogen-bond donors (Lipinski definition) is 0. The first-order chi connectivity index (χ1) is 18.2. The second-order valence-electron chi connectivity index (χ2n) is 12.3. The molecule has 0 unspecified atom stereocenters. The van der Waals surface area contributed by atoms with Crippen molar-refractivity contribution in [2.45, 2.75) is 97.9 Å². The number of nitrogens with zero attached hydrogens (tertiary/aromatic N) is 3. The van der Waals surface area contributed by atoms with Crippen molar-refractivity contribution >= 4 is 39.8 Å². The van der Waals surface area contributed by atoms with Crippen LogP contribution in [0.5, 0.6) is 0 Å². The van der Waals surface area contributed by atoms with E-state index in [0.717, 1.165) is 43.1 Å². The van der Waals surface area contributed by atoms with E-state index in [9.17, 15) is 14.4 Å². The zero-order valence-corrected chi connectivity index (χ0v) is 26.1. The van der Waals surface area contributed by atoms with Crippen LogP contribution in [0.3, 0.4) is 0 Å². The molecule has 2 aliphatic rings. The number of amides is 2. The summed E-state index contributed by atoms with van der Waals surface area (Å²) in [7, 11) is 0. The molecule has 0 aliphatic carbocycles. The van der Waals surface area contributed by atoms with Crippen LogP contribution in [0.15, 0.2) is 16.6 Å². The van der Waals surface area contributed by atoms with Gasteiger partial charge in [0.15, 0.2) is 0 Å². The first kappa shape index (κ1) is 31.4. The molecule has 218 valence electrons. The molecule has 2 aliphatic heterocycles. The van der Waals surface area contributed by atoms with E-state index in [1.54, 1.807) is 60.6 Å². The van der Waals surface area contributed by atoms with Crippen molar-refractivity contribution in [2.75, 3.05) is 37.7 Å². The average molecular weight is 611 g/mol. The maximum atomic E-state index is 13.4. The number of benzene rings is 1. The Balaban J connectivity index is 1.99. The molecule has 0 aromatic heterocycles. The number of anilines is 1. The van der Waals surface area contributed by atoms with Gasteiger partial charge in [-0.1, -0.05) is 22.4 Å². The van der Waals surface area contributed by atoms with Gasteiger partial charge in [0, 0.05) is 30.1 Å². The molecule has 2 saturated heterocycles. The Kier molecular flexibility index (Phi) is 10.5. The van der Waals surface area contributed by atoms with Gasteiger partial charge in [-0.2, -0.15) is 4.90 Å². The molecular formula is C29H44BrN3O6. The maximum Gasteiger partial charge on any atom is 0.424 e. The highest BCUT2D eigenvalue weighted by molar-refractivity contribution is 9.10. The molecule has 2 amide bonds. The summed E-state index contributed by atoms with van der Waals surface area (Å²) in [4.78, 5) is 45.6. The molecule has 0 radical (unpaired) electrons. The number of halogens is 1. The Labute approximate surface area is 241 Å². The SMILES string of the molecule is CCOC(=O)c1cc(Br)c(CN2CC[C@H](N3CCCCC3)C2)cc1N(C(=O)OC(C)(C)C)C(=O)OC(C)(C)C. The number of imide groups is 1. The van der Waals surface area contributed by atoms with Gasteiger partial charge in [0.1, 0.15) is 11.2 Å². The Morgan fingerprint density at radius 3 is 2.08 bits per heavy atom. The summed E-state index contributed by atoms with van der Waals surface area (Å²) in [6, 6.07) is 3.84. The molecule has 2 heterocycles. The zero-order valence-electron chi connectivity index (χ0n) is 24.5. The van der Waals surface area contributed by atoms with E-state index in [1.165, 1.54) is 19.3 Å². The van der Waals surface area contributed by atoms with Crippen LogP contribution in [0.1, 0.15) is 90.1 Å². The van der Waals surface area contributed by atoms with Gasteiger partial charge in [-0.05, 0) is 98.5 Å². The van der Waals surface area contributed by atoms with Gasteiger partial charge >= 0.3 is 18.2 Å². The van der Waals surface area contributed by atoms with Crippen LogP contribution in [-0.4, -0.2) is 78.0 Å². The van der Waals surface area contributed by atoms with Gasteiger partial charge in [-0.3, -0.25) is 9.80 Å². The quantitative estimate of drug-likeness (QED) is 0.272. The Bertz CT molecular complexity index is 1010. The lowest BCUT2D eigenvalue weighted by molar-refractivity contribution is 0.0430. The van der Waals surface area contributed by atoms with Gasteiger partial charge in [0.25, 0.3) is 0 Å². The first-order valence-corrected chi connectivity index (χ1v) is 14.7. The number of carbonyl (C=O) groups excluding carboxylic acids is 3. The molecule has 0 N–H and O–H groups in total. The second-order valence-corrected chi connectivity index (χ2v) is 13.1. The summed E-state index contributed by atoms with van der Waals surface area (Å²) in [5.41, 5.74) is -0.773. The van der Waals surface area contributed by atoms with Crippen LogP contribution in [0, 0.1) is 0 Å². The Morgan fingerprint density at radius 2 is 1.54 bits per heavy atom.